The minimum absolute atomic E-state index is 0.233. The molecular weight excluding hydrogens is 258 g/mol. The topological polar surface area (TPSA) is 37.8 Å². The smallest absolute Gasteiger partial charge is 0.129 e. The lowest BCUT2D eigenvalue weighted by Gasteiger charge is -2.20. The van der Waals surface area contributed by atoms with Crippen LogP contribution in [0.15, 0.2) is 0 Å². The average molecular weight is 291 g/mol. The van der Waals surface area contributed by atoms with Crippen molar-refractivity contribution in [1.82, 2.24) is 15.3 Å². The van der Waals surface area contributed by atoms with Gasteiger partial charge in [-0.05, 0) is 36.8 Å². The van der Waals surface area contributed by atoms with Gasteiger partial charge in [0.2, 0.25) is 0 Å². The van der Waals surface area contributed by atoms with Gasteiger partial charge in [0.15, 0.2) is 0 Å². The lowest BCUT2D eigenvalue weighted by Crippen LogP contribution is -2.26. The van der Waals surface area contributed by atoms with E-state index in [1.807, 2.05) is 0 Å². The molecule has 0 atom stereocenters. The molecule has 3 heteroatoms. The average Bonchev–Trinajstić information content (AvgIpc) is 2.37. The molecule has 1 aromatic heterocycles. The summed E-state index contributed by atoms with van der Waals surface area (Å²) in [4.78, 5) is 9.69. The summed E-state index contributed by atoms with van der Waals surface area (Å²) in [5.41, 5.74) is 4.08. The predicted octanol–water partition coefficient (Wildman–Crippen LogP) is 3.73. The molecule has 1 N–H and O–H groups in total. The van der Waals surface area contributed by atoms with E-state index in [0.717, 1.165) is 38.1 Å². The molecule has 0 aliphatic heterocycles. The zero-order valence-electron chi connectivity index (χ0n) is 15.0. The van der Waals surface area contributed by atoms with Crippen LogP contribution in [0.2, 0.25) is 0 Å². The van der Waals surface area contributed by atoms with Gasteiger partial charge < -0.3 is 5.32 Å². The van der Waals surface area contributed by atoms with Crippen molar-refractivity contribution in [3.8, 4) is 0 Å². The highest BCUT2D eigenvalue weighted by Gasteiger charge is 2.17. The molecule has 0 saturated carbocycles. The summed E-state index contributed by atoms with van der Waals surface area (Å²) in [5.74, 6) is 1.01. The van der Waals surface area contributed by atoms with Crippen molar-refractivity contribution < 1.29 is 0 Å². The number of nitrogens with one attached hydrogen (secondary N) is 1. The second-order valence-electron chi connectivity index (χ2n) is 7.32. The molecule has 1 aromatic rings. The van der Waals surface area contributed by atoms with Crippen LogP contribution in [-0.4, -0.2) is 22.6 Å². The first-order valence-electron chi connectivity index (χ1n) is 8.37. The minimum Gasteiger partial charge on any atom is -0.314 e. The monoisotopic (exact) mass is 291 g/mol. The van der Waals surface area contributed by atoms with Crippen LogP contribution in [0.5, 0.6) is 0 Å². The van der Waals surface area contributed by atoms with Gasteiger partial charge in [-0.25, -0.2) is 9.97 Å². The van der Waals surface area contributed by atoms with E-state index in [4.69, 9.17) is 9.97 Å². The van der Waals surface area contributed by atoms with E-state index >= 15 is 0 Å². The quantitative estimate of drug-likeness (QED) is 0.832. The Morgan fingerprint density at radius 3 is 1.90 bits per heavy atom. The van der Waals surface area contributed by atoms with Gasteiger partial charge in [-0.15, -0.1) is 0 Å². The van der Waals surface area contributed by atoms with Gasteiger partial charge in [0.25, 0.3) is 0 Å². The maximum atomic E-state index is 4.84. The second-order valence-corrected chi connectivity index (χ2v) is 7.32. The van der Waals surface area contributed by atoms with E-state index in [1.165, 1.54) is 17.0 Å². The molecule has 1 heterocycles. The van der Waals surface area contributed by atoms with Crippen LogP contribution in [0.3, 0.4) is 0 Å². The van der Waals surface area contributed by atoms with Crippen molar-refractivity contribution in [2.24, 2.45) is 5.41 Å². The summed E-state index contributed by atoms with van der Waals surface area (Å²) in [5, 5.41) is 3.49. The first-order chi connectivity index (χ1) is 9.76. The van der Waals surface area contributed by atoms with Crippen LogP contribution < -0.4 is 5.32 Å². The number of rotatable bonds is 7. The number of aryl methyl sites for hydroxylation is 2. The fraction of sp³-hybridized carbons (Fsp3) is 0.778. The van der Waals surface area contributed by atoms with E-state index in [-0.39, 0.29) is 5.41 Å². The molecular formula is C18H33N3. The Labute approximate surface area is 131 Å². The number of hydrogen-bond donors (Lipinski definition) is 1. The Morgan fingerprint density at radius 2 is 1.52 bits per heavy atom. The molecule has 0 bridgehead atoms. The van der Waals surface area contributed by atoms with Crippen LogP contribution in [0.4, 0.5) is 0 Å². The first kappa shape index (κ1) is 18.1. The van der Waals surface area contributed by atoms with Crippen LogP contribution in [0.1, 0.15) is 71.2 Å². The highest BCUT2D eigenvalue weighted by molar-refractivity contribution is 5.27. The molecule has 120 valence electrons. The van der Waals surface area contributed by atoms with Gasteiger partial charge in [-0.3, -0.25) is 0 Å². The molecule has 1 rings (SSSR count). The Hall–Kier alpha value is -0.960. The summed E-state index contributed by atoms with van der Waals surface area (Å²) < 4.78 is 0. The molecule has 0 saturated heterocycles. The van der Waals surface area contributed by atoms with Crippen molar-refractivity contribution in [3.05, 3.63) is 22.8 Å². The van der Waals surface area contributed by atoms with E-state index in [0.29, 0.717) is 6.04 Å². The van der Waals surface area contributed by atoms with Crippen LogP contribution in [0, 0.1) is 5.41 Å². The summed E-state index contributed by atoms with van der Waals surface area (Å²) in [6, 6.07) is 0.529. The number of hydrogen-bond acceptors (Lipinski definition) is 3. The van der Waals surface area contributed by atoms with Gasteiger partial charge in [-0.1, -0.05) is 48.5 Å². The highest BCUT2D eigenvalue weighted by atomic mass is 14.9. The van der Waals surface area contributed by atoms with E-state index in [9.17, 15) is 0 Å². The molecule has 0 aliphatic rings. The standard InChI is InChI=1S/C18H33N3/c1-8-15-14(10-11-19-13(3)4)16(9-2)21-17(20-15)12-18(5,6)7/h13,19H,8-12H2,1-7H3. The third-order valence-electron chi connectivity index (χ3n) is 3.51. The lowest BCUT2D eigenvalue weighted by molar-refractivity contribution is 0.399. The molecule has 0 fully saturated rings. The van der Waals surface area contributed by atoms with Crippen molar-refractivity contribution in [1.29, 1.82) is 0 Å². The highest BCUT2D eigenvalue weighted by Crippen LogP contribution is 2.21. The lowest BCUT2D eigenvalue weighted by atomic mass is 9.91. The zero-order valence-corrected chi connectivity index (χ0v) is 15.0. The van der Waals surface area contributed by atoms with Crippen molar-refractivity contribution in [2.75, 3.05) is 6.54 Å². The molecule has 3 nitrogen and oxygen atoms in total. The van der Waals surface area contributed by atoms with E-state index in [2.05, 4.69) is 53.8 Å². The molecule has 0 unspecified atom stereocenters. The molecule has 0 aromatic carbocycles. The molecule has 0 amide bonds. The Kier molecular flexibility index (Phi) is 6.79. The third-order valence-corrected chi connectivity index (χ3v) is 3.51. The Balaban J connectivity index is 3.01. The summed E-state index contributed by atoms with van der Waals surface area (Å²) >= 11 is 0. The van der Waals surface area contributed by atoms with Crippen LogP contribution >= 0.6 is 0 Å². The minimum atomic E-state index is 0.233. The number of aromatic nitrogens is 2. The molecule has 21 heavy (non-hydrogen) atoms. The second kappa shape index (κ2) is 7.88. The SMILES string of the molecule is CCc1nc(CC(C)(C)C)nc(CC)c1CCNC(C)C. The van der Waals surface area contributed by atoms with Crippen molar-refractivity contribution >= 4 is 0 Å². The van der Waals surface area contributed by atoms with Gasteiger partial charge in [0, 0.05) is 23.9 Å². The maximum absolute atomic E-state index is 4.84. The maximum Gasteiger partial charge on any atom is 0.129 e. The summed E-state index contributed by atoms with van der Waals surface area (Å²) in [6.07, 6.45) is 3.95. The van der Waals surface area contributed by atoms with Crippen LogP contribution in [0.25, 0.3) is 0 Å². The Morgan fingerprint density at radius 1 is 1.00 bits per heavy atom. The molecule has 0 radical (unpaired) electrons. The van der Waals surface area contributed by atoms with E-state index < -0.39 is 0 Å². The largest absolute Gasteiger partial charge is 0.314 e. The molecule has 0 spiro atoms. The van der Waals surface area contributed by atoms with Gasteiger partial charge in [0.05, 0.1) is 0 Å². The van der Waals surface area contributed by atoms with Crippen molar-refractivity contribution in [3.63, 3.8) is 0 Å². The van der Waals surface area contributed by atoms with Gasteiger partial charge in [0.1, 0.15) is 5.82 Å². The summed E-state index contributed by atoms with van der Waals surface area (Å²) in [6.45, 7) is 16.5. The predicted molar refractivity (Wildman–Crippen MR) is 90.8 cm³/mol. The zero-order chi connectivity index (χ0) is 16.0. The van der Waals surface area contributed by atoms with Crippen LogP contribution in [-0.2, 0) is 25.7 Å². The first-order valence-corrected chi connectivity index (χ1v) is 8.37. The summed E-state index contributed by atoms with van der Waals surface area (Å²) in [7, 11) is 0. The fourth-order valence-corrected chi connectivity index (χ4v) is 2.55. The fourth-order valence-electron chi connectivity index (χ4n) is 2.55. The normalized spacial score (nSPS) is 12.2. The molecule has 0 aliphatic carbocycles. The Bertz CT molecular complexity index is 419. The van der Waals surface area contributed by atoms with E-state index in [1.54, 1.807) is 0 Å². The third kappa shape index (κ3) is 6.13. The van der Waals surface area contributed by atoms with Gasteiger partial charge >= 0.3 is 0 Å². The van der Waals surface area contributed by atoms with Gasteiger partial charge in [-0.2, -0.15) is 0 Å². The van der Waals surface area contributed by atoms with Crippen molar-refractivity contribution in [2.45, 2.75) is 80.2 Å². The number of nitrogens with zero attached hydrogens (tertiary/aromatic N) is 2.